The first-order valence-corrected chi connectivity index (χ1v) is 8.69. The fourth-order valence-corrected chi connectivity index (χ4v) is 4.25. The van der Waals surface area contributed by atoms with Crippen LogP contribution in [0.4, 0.5) is 0 Å². The number of rotatable bonds is 3. The van der Waals surface area contributed by atoms with Crippen LogP contribution < -0.4 is 5.32 Å². The number of nitrogens with one attached hydrogen (secondary N) is 1. The first-order valence-electron chi connectivity index (χ1n) is 7.61. The molecule has 0 aromatic heterocycles. The number of hydrogen-bond acceptors (Lipinski definition) is 2. The average molecular weight is 383 g/mol. The molecule has 3 rings (SSSR count). The summed E-state index contributed by atoms with van der Waals surface area (Å²) < 4.78 is 1.26. The van der Waals surface area contributed by atoms with E-state index in [1.54, 1.807) is 0 Å². The van der Waals surface area contributed by atoms with Crippen molar-refractivity contribution in [2.45, 2.75) is 51.1 Å². The molecule has 2 nitrogen and oxygen atoms in total. The van der Waals surface area contributed by atoms with Crippen LogP contribution in [0.15, 0.2) is 24.3 Å². The lowest BCUT2D eigenvalue weighted by Crippen LogP contribution is -2.48. The maximum absolute atomic E-state index is 12.7. The Morgan fingerprint density at radius 2 is 1.95 bits per heavy atom. The van der Waals surface area contributed by atoms with Gasteiger partial charge in [-0.1, -0.05) is 26.0 Å². The second-order valence-corrected chi connectivity index (χ2v) is 7.77. The van der Waals surface area contributed by atoms with Crippen molar-refractivity contribution in [2.75, 3.05) is 0 Å². The first-order chi connectivity index (χ1) is 9.56. The maximum atomic E-state index is 12.7. The summed E-state index contributed by atoms with van der Waals surface area (Å²) in [5, 5.41) is 3.66. The van der Waals surface area contributed by atoms with Gasteiger partial charge >= 0.3 is 0 Å². The molecule has 3 heteroatoms. The monoisotopic (exact) mass is 383 g/mol. The summed E-state index contributed by atoms with van der Waals surface area (Å²) in [5.41, 5.74) is 1.35. The number of carbonyl (C=O) groups is 1. The van der Waals surface area contributed by atoms with Crippen LogP contribution >= 0.6 is 22.6 Å². The van der Waals surface area contributed by atoms with E-state index in [0.29, 0.717) is 23.8 Å². The third kappa shape index (κ3) is 2.67. The quantitative estimate of drug-likeness (QED) is 0.806. The average Bonchev–Trinajstić information content (AvgIpc) is 2.80. The topological polar surface area (TPSA) is 29.1 Å². The largest absolute Gasteiger partial charge is 0.310 e. The molecule has 108 valence electrons. The lowest BCUT2D eigenvalue weighted by molar-refractivity contribution is -0.128. The van der Waals surface area contributed by atoms with Crippen LogP contribution in [0.1, 0.15) is 44.6 Å². The SMILES string of the molecule is CC(C)C(=O)C1C2CC[C@H](C[C@@H]1c1ccc(I)cc1)N2. The van der Waals surface area contributed by atoms with Crippen LogP contribution in [0.5, 0.6) is 0 Å². The Bertz CT molecular complexity index is 496. The van der Waals surface area contributed by atoms with Crippen LogP contribution in [-0.2, 0) is 4.79 Å². The van der Waals surface area contributed by atoms with Gasteiger partial charge in [0.25, 0.3) is 0 Å². The summed E-state index contributed by atoms with van der Waals surface area (Å²) >= 11 is 2.34. The number of ketones is 1. The van der Waals surface area contributed by atoms with Gasteiger partial charge in [-0.3, -0.25) is 4.79 Å². The zero-order valence-corrected chi connectivity index (χ0v) is 14.3. The Labute approximate surface area is 134 Å². The smallest absolute Gasteiger partial charge is 0.140 e. The van der Waals surface area contributed by atoms with Crippen molar-refractivity contribution in [3.05, 3.63) is 33.4 Å². The molecule has 1 aromatic carbocycles. The summed E-state index contributed by atoms with van der Waals surface area (Å²) in [4.78, 5) is 12.7. The second-order valence-electron chi connectivity index (χ2n) is 6.52. The van der Waals surface area contributed by atoms with Gasteiger partial charge in [-0.05, 0) is 65.5 Å². The molecule has 2 bridgehead atoms. The van der Waals surface area contributed by atoms with Gasteiger partial charge in [0.2, 0.25) is 0 Å². The van der Waals surface area contributed by atoms with Crippen molar-refractivity contribution >= 4 is 28.4 Å². The maximum Gasteiger partial charge on any atom is 0.140 e. The molecule has 2 unspecified atom stereocenters. The first kappa shape index (κ1) is 14.5. The van der Waals surface area contributed by atoms with Gasteiger partial charge in [0, 0.05) is 27.5 Å². The normalized spacial score (nSPS) is 32.6. The number of fused-ring (bicyclic) bond motifs is 2. The summed E-state index contributed by atoms with van der Waals surface area (Å²) in [6.07, 6.45) is 3.50. The fraction of sp³-hybridized carbons (Fsp3) is 0.588. The predicted molar refractivity (Wildman–Crippen MR) is 89.8 cm³/mol. The van der Waals surface area contributed by atoms with Gasteiger partial charge in [0.15, 0.2) is 0 Å². The molecule has 20 heavy (non-hydrogen) atoms. The van der Waals surface area contributed by atoms with E-state index in [4.69, 9.17) is 0 Å². The van der Waals surface area contributed by atoms with E-state index in [2.05, 4.69) is 52.2 Å². The number of carbonyl (C=O) groups excluding carboxylic acids is 1. The molecule has 2 aliphatic rings. The minimum atomic E-state index is 0.130. The van der Waals surface area contributed by atoms with Gasteiger partial charge < -0.3 is 5.32 Å². The van der Waals surface area contributed by atoms with E-state index in [-0.39, 0.29) is 11.8 Å². The van der Waals surface area contributed by atoms with Gasteiger partial charge in [0.05, 0.1) is 0 Å². The number of halogens is 1. The molecular weight excluding hydrogens is 361 g/mol. The van der Waals surface area contributed by atoms with E-state index in [9.17, 15) is 4.79 Å². The summed E-state index contributed by atoms with van der Waals surface area (Å²) in [6.45, 7) is 4.07. The molecule has 4 atom stereocenters. The van der Waals surface area contributed by atoms with Crippen molar-refractivity contribution < 1.29 is 4.79 Å². The molecule has 0 amide bonds. The number of benzene rings is 1. The van der Waals surface area contributed by atoms with Gasteiger partial charge in [-0.15, -0.1) is 0 Å². The highest BCUT2D eigenvalue weighted by molar-refractivity contribution is 14.1. The fourth-order valence-electron chi connectivity index (χ4n) is 3.89. The Morgan fingerprint density at radius 3 is 2.60 bits per heavy atom. The molecule has 2 saturated heterocycles. The lowest BCUT2D eigenvalue weighted by Gasteiger charge is -2.38. The zero-order valence-electron chi connectivity index (χ0n) is 12.1. The summed E-state index contributed by atoms with van der Waals surface area (Å²) in [5.74, 6) is 1.13. The van der Waals surface area contributed by atoms with Gasteiger partial charge in [0.1, 0.15) is 5.78 Å². The second kappa shape index (κ2) is 5.76. The van der Waals surface area contributed by atoms with E-state index >= 15 is 0 Å². The molecular formula is C17H22INO. The molecule has 0 radical (unpaired) electrons. The summed E-state index contributed by atoms with van der Waals surface area (Å²) in [7, 11) is 0. The van der Waals surface area contributed by atoms with E-state index in [0.717, 1.165) is 12.8 Å². The number of hydrogen-bond donors (Lipinski definition) is 1. The third-order valence-corrected chi connectivity index (χ3v) is 5.60. The Morgan fingerprint density at radius 1 is 1.25 bits per heavy atom. The van der Waals surface area contributed by atoms with Gasteiger partial charge in [-0.25, -0.2) is 0 Å². The summed E-state index contributed by atoms with van der Waals surface area (Å²) in [6, 6.07) is 9.77. The zero-order chi connectivity index (χ0) is 14.3. The number of piperidine rings is 1. The Balaban J connectivity index is 1.93. The van der Waals surface area contributed by atoms with Crippen LogP contribution in [0.25, 0.3) is 0 Å². The standard InChI is InChI=1S/C17H22INO/c1-10(2)17(20)16-14(9-13-7-8-15(16)19-13)11-3-5-12(18)6-4-11/h3-6,10,13-16,19H,7-9H2,1-2H3/t13-,14-,15?,16?/m1/s1. The molecule has 2 fully saturated rings. The van der Waals surface area contributed by atoms with Crippen LogP contribution in [0.3, 0.4) is 0 Å². The van der Waals surface area contributed by atoms with Crippen molar-refractivity contribution in [2.24, 2.45) is 11.8 Å². The molecule has 0 saturated carbocycles. The highest BCUT2D eigenvalue weighted by atomic mass is 127. The van der Waals surface area contributed by atoms with E-state index in [1.165, 1.54) is 15.6 Å². The minimum Gasteiger partial charge on any atom is -0.310 e. The molecule has 0 aliphatic carbocycles. The molecule has 2 heterocycles. The molecule has 1 N–H and O–H groups in total. The van der Waals surface area contributed by atoms with Crippen molar-refractivity contribution in [3.63, 3.8) is 0 Å². The van der Waals surface area contributed by atoms with Crippen molar-refractivity contribution in [1.29, 1.82) is 0 Å². The molecule has 0 spiro atoms. The third-order valence-electron chi connectivity index (χ3n) is 4.88. The predicted octanol–water partition coefficient (Wildman–Crippen LogP) is 3.74. The van der Waals surface area contributed by atoms with E-state index in [1.807, 2.05) is 13.8 Å². The highest BCUT2D eigenvalue weighted by Crippen LogP contribution is 2.43. The lowest BCUT2D eigenvalue weighted by atomic mass is 9.73. The van der Waals surface area contributed by atoms with Crippen molar-refractivity contribution in [1.82, 2.24) is 5.32 Å². The van der Waals surface area contributed by atoms with Gasteiger partial charge in [-0.2, -0.15) is 0 Å². The molecule has 2 aliphatic heterocycles. The van der Waals surface area contributed by atoms with Crippen LogP contribution in [0.2, 0.25) is 0 Å². The minimum absolute atomic E-state index is 0.130. The molecule has 1 aromatic rings. The Hall–Kier alpha value is -0.420. The van der Waals surface area contributed by atoms with Crippen molar-refractivity contribution in [3.8, 4) is 0 Å². The van der Waals surface area contributed by atoms with E-state index < -0.39 is 0 Å². The highest BCUT2D eigenvalue weighted by Gasteiger charge is 2.45. The number of Topliss-reactive ketones (excluding diaryl/α,β-unsaturated/α-hetero) is 1. The van der Waals surface area contributed by atoms with Crippen LogP contribution in [0, 0.1) is 15.4 Å². The van der Waals surface area contributed by atoms with Crippen LogP contribution in [-0.4, -0.2) is 17.9 Å². The Kier molecular flexibility index (Phi) is 4.18.